The summed E-state index contributed by atoms with van der Waals surface area (Å²) in [6, 6.07) is 7.77. The summed E-state index contributed by atoms with van der Waals surface area (Å²) < 4.78 is 57.7. The van der Waals surface area contributed by atoms with Crippen LogP contribution in [0.2, 0.25) is 0 Å². The first kappa shape index (κ1) is 27.4. The molecule has 0 aliphatic heterocycles. The fraction of sp³-hybridized carbons (Fsp3) is 0.238. The van der Waals surface area contributed by atoms with Crippen molar-refractivity contribution >= 4 is 53.0 Å². The van der Waals surface area contributed by atoms with Gasteiger partial charge in [0.25, 0.3) is 5.91 Å². The number of nitrogens with zero attached hydrogens (tertiary/aromatic N) is 3. The number of methoxy groups -OCH3 is 1. The maximum Gasteiger partial charge on any atom is 0.421 e. The second-order valence-electron chi connectivity index (χ2n) is 7.24. The number of carbonyl (C=O) groups is 1. The minimum Gasteiger partial charge on any atom is -0.495 e. The third-order valence-corrected chi connectivity index (χ3v) is 5.91. The number of hydrogen-bond donors (Lipinski definition) is 4. The van der Waals surface area contributed by atoms with E-state index in [1.54, 1.807) is 18.2 Å². The van der Waals surface area contributed by atoms with Crippen LogP contribution in [0.4, 0.5) is 36.3 Å². The van der Waals surface area contributed by atoms with Gasteiger partial charge in [0.05, 0.1) is 18.5 Å². The van der Waals surface area contributed by atoms with E-state index in [9.17, 15) is 22.5 Å². The van der Waals surface area contributed by atoms with Crippen LogP contribution < -0.4 is 20.7 Å². The summed E-state index contributed by atoms with van der Waals surface area (Å²) in [4.78, 5) is 33.0. The lowest BCUT2D eigenvalue weighted by Crippen LogP contribution is -2.21. The number of carbonyl (C=O) groups excluding carboxylic acids is 1. The first-order chi connectivity index (χ1) is 17.0. The van der Waals surface area contributed by atoms with Crippen LogP contribution in [-0.2, 0) is 17.2 Å². The highest BCUT2D eigenvalue weighted by molar-refractivity contribution is 9.10. The zero-order valence-electron chi connectivity index (χ0n) is 18.9. The lowest BCUT2D eigenvalue weighted by molar-refractivity contribution is -0.137. The molecule has 1 amide bonds. The smallest absolute Gasteiger partial charge is 0.421 e. The number of nitrogens with one attached hydrogen (secondary N) is 3. The minimum atomic E-state index is -4.79. The zero-order chi connectivity index (χ0) is 26.5. The van der Waals surface area contributed by atoms with Crippen molar-refractivity contribution in [2.75, 3.05) is 31.0 Å². The van der Waals surface area contributed by atoms with E-state index in [0.29, 0.717) is 28.7 Å². The molecule has 0 aliphatic rings. The molecule has 0 saturated heterocycles. The van der Waals surface area contributed by atoms with Gasteiger partial charge in [-0.15, -0.1) is 0 Å². The molecule has 0 aliphatic carbocycles. The van der Waals surface area contributed by atoms with E-state index in [2.05, 4.69) is 46.8 Å². The molecule has 0 fully saturated rings. The molecule has 36 heavy (non-hydrogen) atoms. The summed E-state index contributed by atoms with van der Waals surface area (Å²) in [5.41, 5.74) is -0.195. The Kier molecular flexibility index (Phi) is 8.88. The number of anilines is 4. The topological polar surface area (TPSA) is 138 Å². The Labute approximate surface area is 212 Å². The van der Waals surface area contributed by atoms with Crippen molar-refractivity contribution in [1.82, 2.24) is 20.3 Å². The van der Waals surface area contributed by atoms with Gasteiger partial charge < -0.3 is 25.6 Å². The van der Waals surface area contributed by atoms with Crippen LogP contribution in [0.3, 0.4) is 0 Å². The van der Waals surface area contributed by atoms with Gasteiger partial charge in [0.1, 0.15) is 21.7 Å². The largest absolute Gasteiger partial charge is 0.495 e. The number of rotatable bonds is 9. The van der Waals surface area contributed by atoms with E-state index in [4.69, 9.17) is 9.63 Å². The van der Waals surface area contributed by atoms with E-state index in [-0.39, 0.29) is 23.5 Å². The number of benzene rings is 1. The summed E-state index contributed by atoms with van der Waals surface area (Å²) >= 11 is 3.14. The molecular formula is C21H21BrF3N6O4P. The molecule has 1 aromatic carbocycles. The first-order valence-electron chi connectivity index (χ1n) is 10.3. The van der Waals surface area contributed by atoms with Gasteiger partial charge in [-0.1, -0.05) is 6.07 Å². The fourth-order valence-electron chi connectivity index (χ4n) is 3.07. The van der Waals surface area contributed by atoms with Crippen LogP contribution >= 0.6 is 24.0 Å². The average molecular weight is 589 g/mol. The summed E-state index contributed by atoms with van der Waals surface area (Å²) in [6.07, 6.45) is -3.71. The molecule has 2 aromatic heterocycles. The molecule has 0 bridgehead atoms. The van der Waals surface area contributed by atoms with Crippen molar-refractivity contribution < 1.29 is 32.2 Å². The standard InChI is InChI=1S/C21H21BrF3N6O4P/c1-26-19(32)17-14(5-6-16(22)30-17)28-18-12(21(23,24)25)10-27-20(31-18)29-13-4-3-11(7-8-36(33)34)9-15(13)35-2/h3-6,9-10,36H,7-8H2,1-2H3,(H,26,32)(H,33,34)(H2,27,28,29,31). The molecule has 0 spiro atoms. The van der Waals surface area contributed by atoms with Crippen LogP contribution in [-0.4, -0.2) is 46.1 Å². The van der Waals surface area contributed by atoms with E-state index < -0.39 is 31.5 Å². The Balaban J connectivity index is 1.98. The lowest BCUT2D eigenvalue weighted by atomic mass is 10.1. The summed E-state index contributed by atoms with van der Waals surface area (Å²) in [5, 5.41) is 7.74. The van der Waals surface area contributed by atoms with Gasteiger partial charge in [0.2, 0.25) is 5.95 Å². The molecule has 0 saturated carbocycles. The predicted molar refractivity (Wildman–Crippen MR) is 132 cm³/mol. The fourth-order valence-corrected chi connectivity index (χ4v) is 3.88. The molecule has 3 rings (SSSR count). The Morgan fingerprint density at radius 1 is 1.17 bits per heavy atom. The Bertz CT molecular complexity index is 1290. The zero-order valence-corrected chi connectivity index (χ0v) is 21.5. The van der Waals surface area contributed by atoms with Crippen LogP contribution in [0, 0.1) is 0 Å². The number of pyridine rings is 1. The van der Waals surface area contributed by atoms with Gasteiger partial charge in [-0.25, -0.2) is 9.97 Å². The van der Waals surface area contributed by atoms with Gasteiger partial charge in [0, 0.05) is 19.4 Å². The van der Waals surface area contributed by atoms with Crippen LogP contribution in [0.1, 0.15) is 21.6 Å². The Morgan fingerprint density at radius 3 is 2.53 bits per heavy atom. The highest BCUT2D eigenvalue weighted by Gasteiger charge is 2.36. The predicted octanol–water partition coefficient (Wildman–Crippen LogP) is 4.52. The van der Waals surface area contributed by atoms with Gasteiger partial charge in [-0.2, -0.15) is 18.2 Å². The normalized spacial score (nSPS) is 12.1. The minimum absolute atomic E-state index is 0.00204. The van der Waals surface area contributed by atoms with Crippen molar-refractivity contribution in [2.24, 2.45) is 0 Å². The number of alkyl halides is 3. The second kappa shape index (κ2) is 11.7. The van der Waals surface area contributed by atoms with Crippen molar-refractivity contribution in [1.29, 1.82) is 0 Å². The molecule has 10 nitrogen and oxygen atoms in total. The van der Waals surface area contributed by atoms with Gasteiger partial charge in [-0.05, 0) is 52.2 Å². The van der Waals surface area contributed by atoms with Crippen molar-refractivity contribution in [2.45, 2.75) is 12.6 Å². The molecular weight excluding hydrogens is 568 g/mol. The van der Waals surface area contributed by atoms with E-state index in [1.165, 1.54) is 26.3 Å². The number of ether oxygens (including phenoxy) is 1. The van der Waals surface area contributed by atoms with Crippen molar-refractivity contribution in [3.63, 3.8) is 0 Å². The van der Waals surface area contributed by atoms with Gasteiger partial charge >= 0.3 is 6.18 Å². The monoisotopic (exact) mass is 588 g/mol. The second-order valence-corrected chi connectivity index (χ2v) is 9.34. The highest BCUT2D eigenvalue weighted by Crippen LogP contribution is 2.36. The third kappa shape index (κ3) is 6.93. The molecule has 2 heterocycles. The van der Waals surface area contributed by atoms with Gasteiger partial charge in [-0.3, -0.25) is 9.36 Å². The summed E-state index contributed by atoms with van der Waals surface area (Å²) in [5.74, 6) is -1.06. The molecule has 15 heteroatoms. The van der Waals surface area contributed by atoms with E-state index in [0.717, 1.165) is 5.56 Å². The lowest BCUT2D eigenvalue weighted by Gasteiger charge is -2.17. The van der Waals surface area contributed by atoms with E-state index in [1.807, 2.05) is 0 Å². The maximum atomic E-state index is 13.7. The van der Waals surface area contributed by atoms with Crippen LogP contribution in [0.5, 0.6) is 5.75 Å². The molecule has 192 valence electrons. The third-order valence-electron chi connectivity index (χ3n) is 4.79. The quantitative estimate of drug-likeness (QED) is 0.210. The van der Waals surface area contributed by atoms with Gasteiger partial charge in [0.15, 0.2) is 13.7 Å². The highest BCUT2D eigenvalue weighted by atomic mass is 79.9. The summed E-state index contributed by atoms with van der Waals surface area (Å²) in [6.45, 7) is 0. The average Bonchev–Trinajstić information content (AvgIpc) is 2.83. The van der Waals surface area contributed by atoms with Crippen molar-refractivity contribution in [3.8, 4) is 5.75 Å². The van der Waals surface area contributed by atoms with Crippen LogP contribution in [0.25, 0.3) is 0 Å². The molecule has 4 N–H and O–H groups in total. The molecule has 0 radical (unpaired) electrons. The number of hydrogen-bond acceptors (Lipinski definition) is 8. The Morgan fingerprint density at radius 2 is 1.89 bits per heavy atom. The first-order valence-corrected chi connectivity index (χ1v) is 12.6. The van der Waals surface area contributed by atoms with Crippen molar-refractivity contribution in [3.05, 3.63) is 58.0 Å². The number of aromatic nitrogens is 3. The summed E-state index contributed by atoms with van der Waals surface area (Å²) in [7, 11) is 0.144. The number of aryl methyl sites for hydroxylation is 1. The molecule has 1 unspecified atom stereocenters. The Hall–Kier alpha value is -3.22. The molecule has 3 aromatic rings. The van der Waals surface area contributed by atoms with E-state index >= 15 is 0 Å². The SMILES string of the molecule is CNC(=O)c1nc(Br)ccc1Nc1nc(Nc2ccc(CC[PH](=O)O)cc2OC)ncc1C(F)(F)F. The number of amides is 1. The van der Waals surface area contributed by atoms with Crippen LogP contribution in [0.15, 0.2) is 41.1 Å². The molecule has 1 atom stereocenters. The maximum absolute atomic E-state index is 13.7. The number of halogens is 4.